The number of hydrogen-bond acceptors (Lipinski definition) is 6. The molecule has 0 unspecified atom stereocenters. The predicted octanol–water partition coefficient (Wildman–Crippen LogP) is 3.79. The van der Waals surface area contributed by atoms with E-state index in [4.69, 9.17) is 9.26 Å². The number of aryl methyl sites for hydroxylation is 1. The number of esters is 1. The van der Waals surface area contributed by atoms with E-state index in [2.05, 4.69) is 10.1 Å². The molecule has 1 heterocycles. The number of aromatic nitrogens is 2. The number of ether oxygens (including phenoxy) is 1. The molecule has 3 rings (SSSR count). The molecule has 0 radical (unpaired) electrons. The second kappa shape index (κ2) is 10.5. The molecule has 162 valence electrons. The molecule has 0 saturated carbocycles. The van der Waals surface area contributed by atoms with Gasteiger partial charge in [-0.1, -0.05) is 35.5 Å². The van der Waals surface area contributed by atoms with E-state index in [1.165, 1.54) is 12.1 Å². The summed E-state index contributed by atoms with van der Waals surface area (Å²) in [4.78, 5) is 30.4. The topological polar surface area (TPSA) is 85.5 Å². The van der Waals surface area contributed by atoms with E-state index in [1.807, 2.05) is 44.2 Å². The number of carbonyl (C=O) groups excluding carboxylic acids is 2. The molecule has 0 spiro atoms. The summed E-state index contributed by atoms with van der Waals surface area (Å²) in [6.07, 6.45) is 0.178. The molecule has 3 aromatic rings. The molecule has 1 aromatic heterocycles. The van der Waals surface area contributed by atoms with E-state index in [-0.39, 0.29) is 43.1 Å². The highest BCUT2D eigenvalue weighted by atomic mass is 19.1. The van der Waals surface area contributed by atoms with Crippen LogP contribution in [0.4, 0.5) is 4.39 Å². The van der Waals surface area contributed by atoms with Crippen molar-refractivity contribution in [3.8, 4) is 11.4 Å². The average molecular weight is 425 g/mol. The first kappa shape index (κ1) is 22.1. The van der Waals surface area contributed by atoms with Crippen LogP contribution in [0.2, 0.25) is 0 Å². The Morgan fingerprint density at radius 3 is 2.48 bits per heavy atom. The summed E-state index contributed by atoms with van der Waals surface area (Å²) in [6, 6.07) is 15.3. The van der Waals surface area contributed by atoms with Gasteiger partial charge in [-0.2, -0.15) is 4.98 Å². The summed E-state index contributed by atoms with van der Waals surface area (Å²) in [5.74, 6) is -0.575. The SMILES string of the molecule is CC(C)N(Cc1ccccc1)C(=O)COC(=O)CCc1nc(-c2ccc(F)cc2)no1. The van der Waals surface area contributed by atoms with E-state index in [0.717, 1.165) is 5.56 Å². The lowest BCUT2D eigenvalue weighted by atomic mass is 10.2. The van der Waals surface area contributed by atoms with Crippen LogP contribution in [0.5, 0.6) is 0 Å². The molecule has 0 aliphatic carbocycles. The first-order chi connectivity index (χ1) is 14.9. The lowest BCUT2D eigenvalue weighted by molar-refractivity contribution is -0.153. The van der Waals surface area contributed by atoms with Crippen molar-refractivity contribution >= 4 is 11.9 Å². The van der Waals surface area contributed by atoms with Crippen molar-refractivity contribution in [2.45, 2.75) is 39.3 Å². The summed E-state index contributed by atoms with van der Waals surface area (Å²) >= 11 is 0. The standard InChI is InChI=1S/C23H24FN3O4/c1-16(2)27(14-17-6-4-3-5-7-17)21(28)15-30-22(29)13-12-20-25-23(26-31-20)18-8-10-19(24)11-9-18/h3-11,16H,12-15H2,1-2H3. The van der Waals surface area contributed by atoms with Gasteiger partial charge in [0.15, 0.2) is 6.61 Å². The zero-order chi connectivity index (χ0) is 22.2. The molecule has 0 N–H and O–H groups in total. The second-order valence-electron chi connectivity index (χ2n) is 7.28. The number of halogens is 1. The molecule has 2 aromatic carbocycles. The fourth-order valence-corrected chi connectivity index (χ4v) is 2.92. The monoisotopic (exact) mass is 425 g/mol. The van der Waals surface area contributed by atoms with Gasteiger partial charge < -0.3 is 14.2 Å². The Morgan fingerprint density at radius 2 is 1.81 bits per heavy atom. The van der Waals surface area contributed by atoms with Crippen LogP contribution in [0.1, 0.15) is 31.7 Å². The van der Waals surface area contributed by atoms with Gasteiger partial charge >= 0.3 is 5.97 Å². The molecule has 7 nitrogen and oxygen atoms in total. The molecule has 0 aliphatic heterocycles. The minimum atomic E-state index is -0.529. The maximum atomic E-state index is 13.0. The van der Waals surface area contributed by atoms with Crippen molar-refractivity contribution in [2.75, 3.05) is 6.61 Å². The van der Waals surface area contributed by atoms with Crippen LogP contribution in [0.3, 0.4) is 0 Å². The molecule has 1 amide bonds. The van der Waals surface area contributed by atoms with Crippen molar-refractivity contribution < 1.29 is 23.2 Å². The van der Waals surface area contributed by atoms with Gasteiger partial charge in [0.25, 0.3) is 5.91 Å². The van der Waals surface area contributed by atoms with Crippen LogP contribution in [0, 0.1) is 5.82 Å². The van der Waals surface area contributed by atoms with Crippen LogP contribution < -0.4 is 0 Å². The number of rotatable bonds is 9. The first-order valence-electron chi connectivity index (χ1n) is 10.00. The minimum Gasteiger partial charge on any atom is -0.456 e. The molecule has 0 atom stereocenters. The first-order valence-corrected chi connectivity index (χ1v) is 10.00. The van der Waals surface area contributed by atoms with Crippen LogP contribution in [0.15, 0.2) is 59.1 Å². The number of amides is 1. The maximum Gasteiger partial charge on any atom is 0.306 e. The van der Waals surface area contributed by atoms with Crippen molar-refractivity contribution in [1.82, 2.24) is 15.0 Å². The molecule has 0 fully saturated rings. The second-order valence-corrected chi connectivity index (χ2v) is 7.28. The Bertz CT molecular complexity index is 1000. The van der Waals surface area contributed by atoms with Gasteiger partial charge in [-0.15, -0.1) is 0 Å². The lowest BCUT2D eigenvalue weighted by Crippen LogP contribution is -2.39. The summed E-state index contributed by atoms with van der Waals surface area (Å²) < 4.78 is 23.3. The fraction of sp³-hybridized carbons (Fsp3) is 0.304. The van der Waals surface area contributed by atoms with E-state index in [0.29, 0.717) is 17.9 Å². The molecule has 8 heteroatoms. The molecule has 31 heavy (non-hydrogen) atoms. The van der Waals surface area contributed by atoms with Crippen molar-refractivity contribution in [2.24, 2.45) is 0 Å². The average Bonchev–Trinajstić information content (AvgIpc) is 3.24. The van der Waals surface area contributed by atoms with Crippen molar-refractivity contribution in [3.63, 3.8) is 0 Å². The highest BCUT2D eigenvalue weighted by Gasteiger charge is 2.19. The molecular formula is C23H24FN3O4. The Hall–Kier alpha value is -3.55. The Morgan fingerprint density at radius 1 is 1.10 bits per heavy atom. The normalized spacial score (nSPS) is 10.8. The smallest absolute Gasteiger partial charge is 0.306 e. The van der Waals surface area contributed by atoms with Crippen LogP contribution >= 0.6 is 0 Å². The summed E-state index contributed by atoms with van der Waals surface area (Å²) in [7, 11) is 0. The van der Waals surface area contributed by atoms with Gasteiger partial charge in [0, 0.05) is 24.6 Å². The number of nitrogens with zero attached hydrogens (tertiary/aromatic N) is 3. The quantitative estimate of drug-likeness (QED) is 0.485. The van der Waals surface area contributed by atoms with E-state index in [1.54, 1.807) is 17.0 Å². The third kappa shape index (κ3) is 6.47. The molecule has 0 bridgehead atoms. The summed E-state index contributed by atoms with van der Waals surface area (Å²) in [5.41, 5.74) is 1.61. The van der Waals surface area contributed by atoms with Gasteiger partial charge in [-0.25, -0.2) is 4.39 Å². The molecular weight excluding hydrogens is 401 g/mol. The maximum absolute atomic E-state index is 13.0. The number of carbonyl (C=O) groups is 2. The van der Waals surface area contributed by atoms with Gasteiger partial charge in [0.1, 0.15) is 5.82 Å². The van der Waals surface area contributed by atoms with Gasteiger partial charge in [-0.05, 0) is 43.7 Å². The van der Waals surface area contributed by atoms with E-state index < -0.39 is 5.97 Å². The third-order valence-electron chi connectivity index (χ3n) is 4.61. The lowest BCUT2D eigenvalue weighted by Gasteiger charge is -2.26. The van der Waals surface area contributed by atoms with Gasteiger partial charge in [0.2, 0.25) is 11.7 Å². The zero-order valence-electron chi connectivity index (χ0n) is 17.5. The van der Waals surface area contributed by atoms with E-state index in [9.17, 15) is 14.0 Å². The van der Waals surface area contributed by atoms with Crippen molar-refractivity contribution in [1.29, 1.82) is 0 Å². The molecule has 0 saturated heterocycles. The largest absolute Gasteiger partial charge is 0.456 e. The highest BCUT2D eigenvalue weighted by Crippen LogP contribution is 2.16. The zero-order valence-corrected chi connectivity index (χ0v) is 17.5. The van der Waals surface area contributed by atoms with Crippen LogP contribution in [-0.2, 0) is 27.3 Å². The molecule has 0 aliphatic rings. The number of hydrogen-bond donors (Lipinski definition) is 0. The highest BCUT2D eigenvalue weighted by molar-refractivity contribution is 5.81. The van der Waals surface area contributed by atoms with Gasteiger partial charge in [0.05, 0.1) is 6.42 Å². The Balaban J connectivity index is 1.47. The summed E-state index contributed by atoms with van der Waals surface area (Å²) in [6.45, 7) is 3.95. The van der Waals surface area contributed by atoms with E-state index >= 15 is 0 Å². The predicted molar refractivity (Wildman–Crippen MR) is 111 cm³/mol. The Labute approximate surface area is 179 Å². The van der Waals surface area contributed by atoms with Gasteiger partial charge in [-0.3, -0.25) is 9.59 Å². The fourth-order valence-electron chi connectivity index (χ4n) is 2.92. The van der Waals surface area contributed by atoms with Crippen LogP contribution in [0.25, 0.3) is 11.4 Å². The van der Waals surface area contributed by atoms with Crippen molar-refractivity contribution in [3.05, 3.63) is 71.9 Å². The number of benzene rings is 2. The summed E-state index contributed by atoms with van der Waals surface area (Å²) in [5, 5.41) is 3.83. The third-order valence-corrected chi connectivity index (χ3v) is 4.61. The Kier molecular flexibility index (Phi) is 7.48. The minimum absolute atomic E-state index is 0.00129. The van der Waals surface area contributed by atoms with Crippen LogP contribution in [-0.4, -0.2) is 39.6 Å².